The highest BCUT2D eigenvalue weighted by Gasteiger charge is 2.20. The monoisotopic (exact) mass is 317 g/mol. The van der Waals surface area contributed by atoms with Gasteiger partial charge in [-0.25, -0.2) is 4.79 Å². The average molecular weight is 318 g/mol. The average Bonchev–Trinajstić information content (AvgIpc) is 2.81. The van der Waals surface area contributed by atoms with Crippen molar-refractivity contribution in [1.29, 1.82) is 0 Å². The highest BCUT2D eigenvalue weighted by atomic mass is 35.5. The zero-order valence-electron chi connectivity index (χ0n) is 12.4. The second-order valence-electron chi connectivity index (χ2n) is 4.84. The number of hydrogen-bond donors (Lipinski definition) is 1. The molecule has 0 aliphatic heterocycles. The molecule has 0 bridgehead atoms. The quantitative estimate of drug-likeness (QED) is 0.519. The number of allylic oxidation sites excluding steroid dienone is 1. The molecule has 0 saturated carbocycles. The Bertz CT molecular complexity index is 717. The third kappa shape index (κ3) is 3.46. The summed E-state index contributed by atoms with van der Waals surface area (Å²) < 4.78 is 5.30. The van der Waals surface area contributed by atoms with Crippen molar-refractivity contribution in [3.63, 3.8) is 0 Å². The molecule has 1 N–H and O–H groups in total. The summed E-state index contributed by atoms with van der Waals surface area (Å²) in [5, 5.41) is 0.295. The van der Waals surface area contributed by atoms with Crippen molar-refractivity contribution in [2.24, 2.45) is 0 Å². The lowest BCUT2D eigenvalue weighted by atomic mass is 10.1. The topological polar surface area (TPSA) is 59.2 Å². The van der Waals surface area contributed by atoms with E-state index in [4.69, 9.17) is 16.3 Å². The number of aldehydes is 1. The van der Waals surface area contributed by atoms with Crippen molar-refractivity contribution in [3.8, 4) is 0 Å². The SMILES string of the molecule is Cc1[nH]c(C(=O)OCc2ccccc2)c(C)c1/C(Cl)=C/C=O. The first-order valence-electron chi connectivity index (χ1n) is 6.76. The van der Waals surface area contributed by atoms with Crippen LogP contribution in [0.3, 0.4) is 0 Å². The number of nitrogens with one attached hydrogen (secondary N) is 1. The molecule has 1 heterocycles. The Morgan fingerprint density at radius 2 is 1.95 bits per heavy atom. The van der Waals surface area contributed by atoms with Crippen LogP contribution in [0.1, 0.15) is 32.9 Å². The van der Waals surface area contributed by atoms with E-state index in [9.17, 15) is 9.59 Å². The molecule has 1 aromatic heterocycles. The number of ether oxygens (including phenoxy) is 1. The number of halogens is 1. The van der Waals surface area contributed by atoms with Crippen LogP contribution in [0.2, 0.25) is 0 Å². The van der Waals surface area contributed by atoms with Gasteiger partial charge >= 0.3 is 5.97 Å². The molecular weight excluding hydrogens is 302 g/mol. The van der Waals surface area contributed by atoms with Crippen molar-refractivity contribution in [3.05, 3.63) is 64.5 Å². The molecule has 0 spiro atoms. The number of rotatable bonds is 5. The summed E-state index contributed by atoms with van der Waals surface area (Å²) in [7, 11) is 0. The van der Waals surface area contributed by atoms with E-state index in [1.807, 2.05) is 30.3 Å². The van der Waals surface area contributed by atoms with Crippen LogP contribution < -0.4 is 0 Å². The Labute approximate surface area is 133 Å². The van der Waals surface area contributed by atoms with Crippen LogP contribution >= 0.6 is 11.6 Å². The van der Waals surface area contributed by atoms with Gasteiger partial charge in [0.05, 0.1) is 5.03 Å². The van der Waals surface area contributed by atoms with E-state index in [0.29, 0.717) is 33.8 Å². The normalized spacial score (nSPS) is 11.3. The van der Waals surface area contributed by atoms with Crippen molar-refractivity contribution >= 4 is 28.9 Å². The maximum Gasteiger partial charge on any atom is 0.355 e. The molecule has 114 valence electrons. The summed E-state index contributed by atoms with van der Waals surface area (Å²) in [6, 6.07) is 9.44. The summed E-state index contributed by atoms with van der Waals surface area (Å²) in [5.74, 6) is -0.453. The van der Waals surface area contributed by atoms with Crippen LogP contribution in [0, 0.1) is 13.8 Å². The highest BCUT2D eigenvalue weighted by molar-refractivity contribution is 6.50. The lowest BCUT2D eigenvalue weighted by Crippen LogP contribution is -2.07. The fraction of sp³-hybridized carbons (Fsp3) is 0.176. The van der Waals surface area contributed by atoms with Crippen molar-refractivity contribution < 1.29 is 14.3 Å². The minimum Gasteiger partial charge on any atom is -0.456 e. The van der Waals surface area contributed by atoms with Crippen molar-refractivity contribution in [2.45, 2.75) is 20.5 Å². The van der Waals surface area contributed by atoms with Gasteiger partial charge in [0, 0.05) is 11.3 Å². The molecule has 1 aromatic carbocycles. The zero-order chi connectivity index (χ0) is 16.1. The van der Waals surface area contributed by atoms with Gasteiger partial charge in [0.25, 0.3) is 0 Å². The Hall–Kier alpha value is -2.33. The smallest absolute Gasteiger partial charge is 0.355 e. The number of esters is 1. The number of H-pyrrole nitrogens is 1. The Morgan fingerprint density at radius 3 is 2.59 bits per heavy atom. The highest BCUT2D eigenvalue weighted by Crippen LogP contribution is 2.28. The van der Waals surface area contributed by atoms with Gasteiger partial charge in [-0.3, -0.25) is 4.79 Å². The lowest BCUT2D eigenvalue weighted by molar-refractivity contribution is -0.104. The van der Waals surface area contributed by atoms with E-state index >= 15 is 0 Å². The molecule has 0 amide bonds. The maximum absolute atomic E-state index is 12.2. The van der Waals surface area contributed by atoms with Crippen molar-refractivity contribution in [1.82, 2.24) is 4.98 Å². The van der Waals surface area contributed by atoms with E-state index in [-0.39, 0.29) is 6.61 Å². The number of benzene rings is 1. The fourth-order valence-electron chi connectivity index (χ4n) is 2.25. The second-order valence-corrected chi connectivity index (χ2v) is 5.24. The summed E-state index contributed by atoms with van der Waals surface area (Å²) in [6.07, 6.45) is 1.87. The first kappa shape index (κ1) is 16.0. The minimum absolute atomic E-state index is 0.199. The first-order chi connectivity index (χ1) is 10.5. The molecule has 0 aliphatic rings. The zero-order valence-corrected chi connectivity index (χ0v) is 13.1. The predicted molar refractivity (Wildman–Crippen MR) is 85.7 cm³/mol. The number of aryl methyl sites for hydroxylation is 1. The van der Waals surface area contributed by atoms with Gasteiger partial charge in [-0.05, 0) is 31.1 Å². The third-order valence-electron chi connectivity index (χ3n) is 3.31. The van der Waals surface area contributed by atoms with Gasteiger partial charge < -0.3 is 9.72 Å². The number of aromatic amines is 1. The molecule has 5 heteroatoms. The van der Waals surface area contributed by atoms with E-state index in [1.54, 1.807) is 13.8 Å². The van der Waals surface area contributed by atoms with Crippen LogP contribution in [0.4, 0.5) is 0 Å². The van der Waals surface area contributed by atoms with Gasteiger partial charge in [0.1, 0.15) is 18.6 Å². The van der Waals surface area contributed by atoms with Crippen LogP contribution in [-0.2, 0) is 16.1 Å². The minimum atomic E-state index is -0.453. The standard InChI is InChI=1S/C17H16ClNO3/c1-11-15(14(18)8-9-20)12(2)19-16(11)17(21)22-10-13-6-4-3-5-7-13/h3-9,19H,10H2,1-2H3/b14-8-. The Kier molecular flexibility index (Phi) is 5.17. The molecule has 0 radical (unpaired) electrons. The predicted octanol–water partition coefficient (Wildman–Crippen LogP) is 3.77. The summed E-state index contributed by atoms with van der Waals surface area (Å²) >= 11 is 6.07. The van der Waals surface area contributed by atoms with Crippen LogP contribution in [0.5, 0.6) is 0 Å². The number of hydrogen-bond acceptors (Lipinski definition) is 3. The first-order valence-corrected chi connectivity index (χ1v) is 7.14. The lowest BCUT2D eigenvalue weighted by Gasteiger charge is -2.05. The van der Waals surface area contributed by atoms with Gasteiger partial charge in [-0.2, -0.15) is 0 Å². The molecule has 0 fully saturated rings. The number of aromatic nitrogens is 1. The Morgan fingerprint density at radius 1 is 1.27 bits per heavy atom. The van der Waals surface area contributed by atoms with Gasteiger partial charge in [0.15, 0.2) is 0 Å². The summed E-state index contributed by atoms with van der Waals surface area (Å²) in [4.78, 5) is 25.7. The fourth-order valence-corrected chi connectivity index (χ4v) is 2.59. The summed E-state index contributed by atoms with van der Waals surface area (Å²) in [6.45, 7) is 3.75. The van der Waals surface area contributed by atoms with Crippen LogP contribution in [-0.4, -0.2) is 17.2 Å². The van der Waals surface area contributed by atoms with Crippen molar-refractivity contribution in [2.75, 3.05) is 0 Å². The van der Waals surface area contributed by atoms with Crippen LogP contribution in [0.15, 0.2) is 36.4 Å². The second kappa shape index (κ2) is 7.09. The van der Waals surface area contributed by atoms with E-state index < -0.39 is 5.97 Å². The molecule has 0 atom stereocenters. The molecule has 0 aliphatic carbocycles. The molecule has 0 unspecified atom stereocenters. The van der Waals surface area contributed by atoms with Gasteiger partial charge in [0.2, 0.25) is 0 Å². The molecule has 2 aromatic rings. The van der Waals surface area contributed by atoms with E-state index in [1.165, 1.54) is 6.08 Å². The van der Waals surface area contributed by atoms with Crippen LogP contribution in [0.25, 0.3) is 5.03 Å². The van der Waals surface area contributed by atoms with Gasteiger partial charge in [-0.15, -0.1) is 0 Å². The van der Waals surface area contributed by atoms with E-state index in [2.05, 4.69) is 4.98 Å². The third-order valence-corrected chi connectivity index (χ3v) is 3.62. The summed E-state index contributed by atoms with van der Waals surface area (Å²) in [5.41, 5.74) is 3.29. The Balaban J connectivity index is 2.19. The number of carbonyl (C=O) groups excluding carboxylic acids is 2. The molecule has 22 heavy (non-hydrogen) atoms. The van der Waals surface area contributed by atoms with E-state index in [0.717, 1.165) is 5.56 Å². The number of carbonyl (C=O) groups is 2. The maximum atomic E-state index is 12.2. The molecule has 0 saturated heterocycles. The molecule has 2 rings (SSSR count). The van der Waals surface area contributed by atoms with Gasteiger partial charge in [-0.1, -0.05) is 41.9 Å². The largest absolute Gasteiger partial charge is 0.456 e. The molecule has 4 nitrogen and oxygen atoms in total. The molecular formula is C17H16ClNO3.